The Morgan fingerprint density at radius 1 is 1.24 bits per heavy atom. The normalized spacial score (nSPS) is 11.1. The second-order valence-corrected chi connectivity index (χ2v) is 7.65. The summed E-state index contributed by atoms with van der Waals surface area (Å²) in [5.41, 5.74) is 1.39. The molecule has 2 aromatic carbocycles. The van der Waals surface area contributed by atoms with E-state index in [0.717, 1.165) is 5.56 Å². The van der Waals surface area contributed by atoms with Gasteiger partial charge < -0.3 is 4.74 Å². The summed E-state index contributed by atoms with van der Waals surface area (Å²) in [6.07, 6.45) is 0.694. The molecule has 0 aliphatic rings. The van der Waals surface area contributed by atoms with Gasteiger partial charge in [0.05, 0.1) is 15.8 Å². The predicted molar refractivity (Wildman–Crippen MR) is 115 cm³/mol. The fourth-order valence-electron chi connectivity index (χ4n) is 2.81. The molecule has 0 aliphatic heterocycles. The molecule has 0 aliphatic carbocycles. The van der Waals surface area contributed by atoms with Crippen molar-refractivity contribution in [2.75, 3.05) is 13.2 Å². The van der Waals surface area contributed by atoms with Crippen molar-refractivity contribution < 1.29 is 9.66 Å². The van der Waals surface area contributed by atoms with Gasteiger partial charge in [-0.3, -0.25) is 19.5 Å². The van der Waals surface area contributed by atoms with Crippen molar-refractivity contribution in [1.29, 1.82) is 0 Å². The third-order valence-electron chi connectivity index (χ3n) is 4.27. The van der Waals surface area contributed by atoms with E-state index < -0.39 is 4.92 Å². The molecule has 9 heteroatoms. The highest BCUT2D eigenvalue weighted by atomic mass is 35.5. The van der Waals surface area contributed by atoms with Gasteiger partial charge in [-0.05, 0) is 37.1 Å². The van der Waals surface area contributed by atoms with Crippen LogP contribution >= 0.6 is 23.4 Å². The van der Waals surface area contributed by atoms with Gasteiger partial charge in [0, 0.05) is 42.7 Å². The number of aromatic nitrogens is 2. The van der Waals surface area contributed by atoms with Crippen LogP contribution in [0.15, 0.2) is 52.4 Å². The molecule has 152 valence electrons. The number of halogens is 1. The molecule has 29 heavy (non-hydrogen) atoms. The van der Waals surface area contributed by atoms with Crippen molar-refractivity contribution in [2.45, 2.75) is 30.8 Å². The summed E-state index contributed by atoms with van der Waals surface area (Å²) in [5.74, 6) is 0.530. The van der Waals surface area contributed by atoms with Crippen molar-refractivity contribution in [1.82, 2.24) is 9.55 Å². The molecule has 0 unspecified atom stereocenters. The van der Waals surface area contributed by atoms with E-state index in [1.54, 1.807) is 34.9 Å². The van der Waals surface area contributed by atoms with E-state index in [0.29, 0.717) is 53.0 Å². The Morgan fingerprint density at radius 3 is 2.69 bits per heavy atom. The molecule has 7 nitrogen and oxygen atoms in total. The predicted octanol–water partition coefficient (Wildman–Crippen LogP) is 4.68. The summed E-state index contributed by atoms with van der Waals surface area (Å²) in [6.45, 7) is 3.62. The number of rotatable bonds is 9. The van der Waals surface area contributed by atoms with Crippen LogP contribution in [-0.4, -0.2) is 27.7 Å². The van der Waals surface area contributed by atoms with E-state index in [4.69, 9.17) is 16.3 Å². The highest BCUT2D eigenvalue weighted by molar-refractivity contribution is 7.98. The molecular formula is C20H20ClN3O4S. The van der Waals surface area contributed by atoms with E-state index in [1.165, 1.54) is 23.9 Å². The van der Waals surface area contributed by atoms with Gasteiger partial charge in [-0.15, -0.1) is 0 Å². The lowest BCUT2D eigenvalue weighted by atomic mass is 10.2. The molecule has 0 saturated carbocycles. The van der Waals surface area contributed by atoms with Crippen molar-refractivity contribution in [3.8, 4) is 0 Å². The van der Waals surface area contributed by atoms with E-state index in [-0.39, 0.29) is 11.2 Å². The molecule has 0 fully saturated rings. The second kappa shape index (κ2) is 9.87. The van der Waals surface area contributed by atoms with Gasteiger partial charge in [0.15, 0.2) is 5.16 Å². The van der Waals surface area contributed by atoms with Crippen LogP contribution in [0.5, 0.6) is 0 Å². The lowest BCUT2D eigenvalue weighted by Crippen LogP contribution is -2.24. The van der Waals surface area contributed by atoms with Gasteiger partial charge in [-0.1, -0.05) is 35.5 Å². The standard InChI is InChI=1S/C20H20ClN3O4S/c1-2-28-11-3-10-23-19(25)17-9-6-15(21)12-18(17)22-20(23)29-13-14-4-7-16(8-5-14)24(26)27/h4-9,12H,2-3,10-11,13H2,1H3. The fourth-order valence-corrected chi connectivity index (χ4v) is 3.96. The number of benzene rings is 2. The minimum atomic E-state index is -0.429. The SMILES string of the molecule is CCOCCCn1c(SCc2ccc([N+](=O)[O-])cc2)nc2cc(Cl)ccc2c1=O. The topological polar surface area (TPSA) is 87.3 Å². The van der Waals surface area contributed by atoms with Gasteiger partial charge in [0.2, 0.25) is 0 Å². The number of fused-ring (bicyclic) bond motifs is 1. The number of nitro benzene ring substituents is 1. The number of nitrogens with zero attached hydrogens (tertiary/aromatic N) is 3. The van der Waals surface area contributed by atoms with Gasteiger partial charge in [0.25, 0.3) is 11.2 Å². The summed E-state index contributed by atoms with van der Waals surface area (Å²) in [6, 6.07) is 11.4. The minimum absolute atomic E-state index is 0.0463. The first-order chi connectivity index (χ1) is 14.0. The van der Waals surface area contributed by atoms with Crippen LogP contribution in [0.3, 0.4) is 0 Å². The van der Waals surface area contributed by atoms with Crippen molar-refractivity contribution in [3.63, 3.8) is 0 Å². The number of thioether (sulfide) groups is 1. The monoisotopic (exact) mass is 433 g/mol. The van der Waals surface area contributed by atoms with Crippen LogP contribution in [0.2, 0.25) is 5.02 Å². The fraction of sp³-hybridized carbons (Fsp3) is 0.300. The van der Waals surface area contributed by atoms with Crippen LogP contribution in [0.1, 0.15) is 18.9 Å². The molecule has 0 atom stereocenters. The molecule has 3 rings (SSSR count). The maximum Gasteiger partial charge on any atom is 0.269 e. The smallest absolute Gasteiger partial charge is 0.269 e. The largest absolute Gasteiger partial charge is 0.382 e. The molecular weight excluding hydrogens is 414 g/mol. The first-order valence-corrected chi connectivity index (χ1v) is 10.5. The zero-order chi connectivity index (χ0) is 20.8. The van der Waals surface area contributed by atoms with Crippen LogP contribution in [-0.2, 0) is 17.0 Å². The molecule has 1 heterocycles. The van der Waals surface area contributed by atoms with Gasteiger partial charge in [-0.25, -0.2) is 4.98 Å². The Hall–Kier alpha value is -2.42. The highest BCUT2D eigenvalue weighted by Gasteiger charge is 2.13. The Labute approximate surface area is 176 Å². The summed E-state index contributed by atoms with van der Waals surface area (Å²) >= 11 is 7.48. The minimum Gasteiger partial charge on any atom is -0.382 e. The van der Waals surface area contributed by atoms with E-state index in [1.807, 2.05) is 6.92 Å². The Balaban J connectivity index is 1.88. The zero-order valence-electron chi connectivity index (χ0n) is 15.8. The molecule has 0 radical (unpaired) electrons. The molecule has 0 amide bonds. The van der Waals surface area contributed by atoms with Crippen LogP contribution in [0.4, 0.5) is 5.69 Å². The average Bonchev–Trinajstić information content (AvgIpc) is 2.71. The average molecular weight is 434 g/mol. The first kappa shape index (κ1) is 21.3. The first-order valence-electron chi connectivity index (χ1n) is 9.13. The van der Waals surface area contributed by atoms with E-state index in [2.05, 4.69) is 4.98 Å². The quantitative estimate of drug-likeness (QED) is 0.160. The molecule has 0 bridgehead atoms. The Kier molecular flexibility index (Phi) is 7.24. The molecule has 0 N–H and O–H groups in total. The molecule has 3 aromatic rings. The maximum absolute atomic E-state index is 13.0. The second-order valence-electron chi connectivity index (χ2n) is 6.28. The van der Waals surface area contributed by atoms with Crippen molar-refractivity contribution >= 4 is 40.0 Å². The molecule has 1 aromatic heterocycles. The van der Waals surface area contributed by atoms with Crippen LogP contribution in [0.25, 0.3) is 10.9 Å². The summed E-state index contributed by atoms with van der Waals surface area (Å²) in [5, 5.41) is 12.4. The maximum atomic E-state index is 13.0. The highest BCUT2D eigenvalue weighted by Crippen LogP contribution is 2.24. The zero-order valence-corrected chi connectivity index (χ0v) is 17.4. The summed E-state index contributed by atoms with van der Waals surface area (Å²) in [4.78, 5) is 28.0. The van der Waals surface area contributed by atoms with Gasteiger partial charge in [0.1, 0.15) is 0 Å². The number of non-ortho nitro benzene ring substituents is 1. The lowest BCUT2D eigenvalue weighted by molar-refractivity contribution is -0.384. The third-order valence-corrected chi connectivity index (χ3v) is 5.55. The summed E-state index contributed by atoms with van der Waals surface area (Å²) < 4.78 is 7.04. The number of hydrogen-bond acceptors (Lipinski definition) is 6. The van der Waals surface area contributed by atoms with Crippen LogP contribution < -0.4 is 5.56 Å². The van der Waals surface area contributed by atoms with Crippen molar-refractivity contribution in [3.05, 3.63) is 73.5 Å². The number of hydrogen-bond donors (Lipinski definition) is 0. The van der Waals surface area contributed by atoms with E-state index >= 15 is 0 Å². The molecule has 0 saturated heterocycles. The molecule has 0 spiro atoms. The van der Waals surface area contributed by atoms with Gasteiger partial charge in [-0.2, -0.15) is 0 Å². The van der Waals surface area contributed by atoms with E-state index in [9.17, 15) is 14.9 Å². The lowest BCUT2D eigenvalue weighted by Gasteiger charge is -2.13. The summed E-state index contributed by atoms with van der Waals surface area (Å²) in [7, 11) is 0. The number of nitro groups is 1. The van der Waals surface area contributed by atoms with Crippen LogP contribution in [0, 0.1) is 10.1 Å². The van der Waals surface area contributed by atoms with Gasteiger partial charge >= 0.3 is 0 Å². The third kappa shape index (κ3) is 5.35. The number of ether oxygens (including phenoxy) is 1. The Morgan fingerprint density at radius 2 is 2.00 bits per heavy atom. The Bertz CT molecular complexity index is 1070. The van der Waals surface area contributed by atoms with Crippen molar-refractivity contribution in [2.24, 2.45) is 0 Å².